The number of aliphatic hydroxyl groups excluding tert-OH is 1. The molecule has 4 rings (SSSR count). The van der Waals surface area contributed by atoms with Crippen LogP contribution in [0.4, 0.5) is 13.2 Å². The third kappa shape index (κ3) is 4.03. The SMILES string of the molecule is N#Cc1cc2nn(C3CCC(CO)CC3)cc2cc1-c1ccc(C(F)(F)F)nc1C(N)=O. The lowest BCUT2D eigenvalue weighted by Gasteiger charge is -2.27. The summed E-state index contributed by atoms with van der Waals surface area (Å²) in [5.74, 6) is -0.821. The average molecular weight is 443 g/mol. The summed E-state index contributed by atoms with van der Waals surface area (Å²) in [7, 11) is 0. The molecule has 1 aliphatic rings. The van der Waals surface area contributed by atoms with Crippen LogP contribution in [0, 0.1) is 17.2 Å². The van der Waals surface area contributed by atoms with E-state index in [9.17, 15) is 28.3 Å². The second kappa shape index (κ2) is 8.24. The van der Waals surface area contributed by atoms with Crippen molar-refractivity contribution < 1.29 is 23.1 Å². The molecule has 1 aliphatic carbocycles. The number of carbonyl (C=O) groups is 1. The van der Waals surface area contributed by atoms with Crippen molar-refractivity contribution in [1.29, 1.82) is 5.26 Å². The quantitative estimate of drug-likeness (QED) is 0.636. The van der Waals surface area contributed by atoms with Crippen LogP contribution in [0.5, 0.6) is 0 Å². The van der Waals surface area contributed by atoms with Crippen LogP contribution in [0.25, 0.3) is 22.0 Å². The normalized spacial score (nSPS) is 19.1. The lowest BCUT2D eigenvalue weighted by atomic mass is 9.87. The van der Waals surface area contributed by atoms with E-state index in [-0.39, 0.29) is 29.3 Å². The zero-order valence-electron chi connectivity index (χ0n) is 16.9. The Bertz CT molecular complexity index is 1220. The monoisotopic (exact) mass is 443 g/mol. The van der Waals surface area contributed by atoms with E-state index in [1.165, 1.54) is 0 Å². The molecule has 1 saturated carbocycles. The van der Waals surface area contributed by atoms with Gasteiger partial charge in [0.1, 0.15) is 11.4 Å². The Labute approximate surface area is 181 Å². The maximum atomic E-state index is 13.1. The molecule has 0 saturated heterocycles. The molecular weight excluding hydrogens is 423 g/mol. The fourth-order valence-electron chi connectivity index (χ4n) is 4.21. The highest BCUT2D eigenvalue weighted by atomic mass is 19.4. The Morgan fingerprint density at radius 2 is 1.94 bits per heavy atom. The van der Waals surface area contributed by atoms with Crippen LogP contribution in [-0.2, 0) is 6.18 Å². The zero-order chi connectivity index (χ0) is 23.0. The van der Waals surface area contributed by atoms with Gasteiger partial charge in [0.05, 0.1) is 23.2 Å². The minimum Gasteiger partial charge on any atom is -0.396 e. The van der Waals surface area contributed by atoms with E-state index >= 15 is 0 Å². The number of hydrogen-bond acceptors (Lipinski definition) is 5. The summed E-state index contributed by atoms with van der Waals surface area (Å²) < 4.78 is 41.0. The number of carbonyl (C=O) groups excluding carboxylic acids is 1. The van der Waals surface area contributed by atoms with E-state index in [1.807, 2.05) is 16.9 Å². The molecule has 0 unspecified atom stereocenters. The standard InChI is InChI=1S/C22H20F3N5O2/c23-22(24,25)19-6-5-16(20(28-19)21(27)32)17-7-14-10-30(29-18(14)8-13(17)9-26)15-3-1-12(11-31)2-4-15/h5-8,10,12,15,31H,1-4,11H2,(H2,27,32). The van der Waals surface area contributed by atoms with Gasteiger partial charge in [-0.3, -0.25) is 9.48 Å². The number of nitrogens with zero attached hydrogens (tertiary/aromatic N) is 4. The maximum Gasteiger partial charge on any atom is 0.433 e. The van der Waals surface area contributed by atoms with Gasteiger partial charge in [0.25, 0.3) is 5.91 Å². The third-order valence-corrected chi connectivity index (χ3v) is 5.94. The lowest BCUT2D eigenvalue weighted by Crippen LogP contribution is -2.20. The molecule has 0 aliphatic heterocycles. The molecule has 1 fully saturated rings. The van der Waals surface area contributed by atoms with E-state index in [0.717, 1.165) is 37.8 Å². The third-order valence-electron chi connectivity index (χ3n) is 5.94. The van der Waals surface area contributed by atoms with Crippen LogP contribution in [0.3, 0.4) is 0 Å². The molecule has 0 radical (unpaired) electrons. The van der Waals surface area contributed by atoms with Crippen molar-refractivity contribution in [2.24, 2.45) is 11.7 Å². The smallest absolute Gasteiger partial charge is 0.396 e. The summed E-state index contributed by atoms with van der Waals surface area (Å²) in [5, 5.41) is 24.2. The van der Waals surface area contributed by atoms with E-state index in [1.54, 1.807) is 12.1 Å². The van der Waals surface area contributed by atoms with E-state index in [4.69, 9.17) is 5.73 Å². The molecule has 10 heteroatoms. The predicted octanol–water partition coefficient (Wildman–Crippen LogP) is 3.81. The fourth-order valence-corrected chi connectivity index (χ4v) is 4.21. The van der Waals surface area contributed by atoms with Gasteiger partial charge in [0, 0.05) is 29.3 Å². The van der Waals surface area contributed by atoms with Gasteiger partial charge in [-0.25, -0.2) is 4.98 Å². The molecule has 166 valence electrons. The number of amides is 1. The molecular formula is C22H20F3N5O2. The van der Waals surface area contributed by atoms with E-state index in [0.29, 0.717) is 16.8 Å². The van der Waals surface area contributed by atoms with Crippen LogP contribution in [0.2, 0.25) is 0 Å². The molecule has 2 heterocycles. The number of alkyl halides is 3. The summed E-state index contributed by atoms with van der Waals surface area (Å²) in [4.78, 5) is 15.3. The van der Waals surface area contributed by atoms with Crippen LogP contribution in [0.15, 0.2) is 30.5 Å². The topological polar surface area (TPSA) is 118 Å². The summed E-state index contributed by atoms with van der Waals surface area (Å²) in [6.45, 7) is 0.173. The van der Waals surface area contributed by atoms with Crippen LogP contribution in [0.1, 0.15) is 53.5 Å². The molecule has 0 spiro atoms. The molecule has 0 bridgehead atoms. The van der Waals surface area contributed by atoms with Crippen molar-refractivity contribution in [1.82, 2.24) is 14.8 Å². The minimum atomic E-state index is -4.74. The number of rotatable bonds is 4. The molecule has 1 amide bonds. The first-order valence-corrected chi connectivity index (χ1v) is 10.1. The lowest BCUT2D eigenvalue weighted by molar-refractivity contribution is -0.141. The minimum absolute atomic E-state index is 0.0557. The van der Waals surface area contributed by atoms with Crippen molar-refractivity contribution >= 4 is 16.8 Å². The van der Waals surface area contributed by atoms with Gasteiger partial charge in [0.2, 0.25) is 0 Å². The van der Waals surface area contributed by atoms with Gasteiger partial charge >= 0.3 is 6.18 Å². The predicted molar refractivity (Wildman–Crippen MR) is 109 cm³/mol. The number of benzene rings is 1. The number of aromatic nitrogens is 3. The van der Waals surface area contributed by atoms with Crippen molar-refractivity contribution in [3.05, 3.63) is 47.4 Å². The number of hydrogen-bond donors (Lipinski definition) is 2. The Morgan fingerprint density at radius 1 is 1.22 bits per heavy atom. The molecule has 0 atom stereocenters. The van der Waals surface area contributed by atoms with Gasteiger partial charge in [-0.1, -0.05) is 0 Å². The van der Waals surface area contributed by atoms with E-state index < -0.39 is 23.5 Å². The first-order valence-electron chi connectivity index (χ1n) is 10.1. The van der Waals surface area contributed by atoms with Gasteiger partial charge in [0.15, 0.2) is 0 Å². The van der Waals surface area contributed by atoms with Gasteiger partial charge < -0.3 is 10.8 Å². The van der Waals surface area contributed by atoms with Crippen molar-refractivity contribution in [2.75, 3.05) is 6.61 Å². The van der Waals surface area contributed by atoms with Crippen LogP contribution >= 0.6 is 0 Å². The van der Waals surface area contributed by atoms with Gasteiger partial charge in [-0.2, -0.15) is 23.5 Å². The molecule has 7 nitrogen and oxygen atoms in total. The maximum absolute atomic E-state index is 13.1. The van der Waals surface area contributed by atoms with Crippen molar-refractivity contribution in [2.45, 2.75) is 37.9 Å². The van der Waals surface area contributed by atoms with Crippen LogP contribution < -0.4 is 5.73 Å². The Balaban J connectivity index is 1.78. The second-order valence-electron chi connectivity index (χ2n) is 7.99. The fraction of sp³-hybridized carbons (Fsp3) is 0.364. The summed E-state index contributed by atoms with van der Waals surface area (Å²) in [6.07, 6.45) is 0.612. The number of nitriles is 1. The average Bonchev–Trinajstić information content (AvgIpc) is 3.20. The van der Waals surface area contributed by atoms with E-state index in [2.05, 4.69) is 10.1 Å². The molecule has 2 aromatic heterocycles. The first-order chi connectivity index (χ1) is 15.2. The molecule has 32 heavy (non-hydrogen) atoms. The highest BCUT2D eigenvalue weighted by molar-refractivity contribution is 6.00. The Kier molecular flexibility index (Phi) is 5.60. The highest BCUT2D eigenvalue weighted by Gasteiger charge is 2.34. The van der Waals surface area contributed by atoms with Crippen LogP contribution in [-0.4, -0.2) is 32.4 Å². The number of nitrogens with two attached hydrogens (primary N) is 1. The largest absolute Gasteiger partial charge is 0.433 e. The Morgan fingerprint density at radius 3 is 2.53 bits per heavy atom. The van der Waals surface area contributed by atoms with Crippen molar-refractivity contribution in [3.63, 3.8) is 0 Å². The number of fused-ring (bicyclic) bond motifs is 1. The van der Waals surface area contributed by atoms with Gasteiger partial charge in [-0.15, -0.1) is 0 Å². The summed E-state index contributed by atoms with van der Waals surface area (Å²) >= 11 is 0. The van der Waals surface area contributed by atoms with Crippen molar-refractivity contribution in [3.8, 4) is 17.2 Å². The number of aliphatic hydroxyl groups is 1. The summed E-state index contributed by atoms with van der Waals surface area (Å²) in [6, 6.07) is 7.21. The summed E-state index contributed by atoms with van der Waals surface area (Å²) in [5.41, 5.74) is 4.55. The molecule has 3 aromatic rings. The zero-order valence-corrected chi connectivity index (χ0v) is 16.9. The first kappa shape index (κ1) is 21.8. The number of primary amides is 1. The number of pyridine rings is 1. The second-order valence-corrected chi connectivity index (χ2v) is 7.99. The molecule has 1 aromatic carbocycles. The Hall–Kier alpha value is -3.45. The number of halogens is 3. The highest BCUT2D eigenvalue weighted by Crippen LogP contribution is 2.36. The molecule has 3 N–H and O–H groups in total. The van der Waals surface area contributed by atoms with Gasteiger partial charge in [-0.05, 0) is 55.9 Å².